The average molecular weight is 340 g/mol. The Hall–Kier alpha value is -3.42. The number of nitrogens with one attached hydrogen (secondary N) is 1. The Morgan fingerprint density at radius 1 is 1.12 bits per heavy atom. The van der Waals surface area contributed by atoms with Gasteiger partial charge in [0.1, 0.15) is 0 Å². The van der Waals surface area contributed by atoms with Crippen LogP contribution in [0.3, 0.4) is 0 Å². The fourth-order valence-electron chi connectivity index (χ4n) is 2.85. The van der Waals surface area contributed by atoms with E-state index >= 15 is 0 Å². The second-order valence-corrected chi connectivity index (χ2v) is 5.77. The number of nitro benzene ring substituents is 1. The molecule has 1 heterocycles. The van der Waals surface area contributed by atoms with Gasteiger partial charge in [-0.15, -0.1) is 0 Å². The smallest absolute Gasteiger partial charge is 0.322 e. The number of anilines is 1. The summed E-state index contributed by atoms with van der Waals surface area (Å²) in [6.07, 6.45) is 0. The van der Waals surface area contributed by atoms with E-state index in [0.717, 1.165) is 5.52 Å². The predicted molar refractivity (Wildman–Crippen MR) is 93.9 cm³/mol. The average Bonchev–Trinajstić information content (AvgIpc) is 2.79. The lowest BCUT2D eigenvalue weighted by Gasteiger charge is -2.08. The zero-order valence-corrected chi connectivity index (χ0v) is 13.9. The zero-order chi connectivity index (χ0) is 18.3. The standard InChI is InChI=1S/C17H16N4O4/c1-10-12(5-4-6-13(10)21(24)25)16(22)18-11-7-8-14-15(9-11)20(3)17(23)19(14)2/h4-9H,1-3H3,(H,18,22). The van der Waals surface area contributed by atoms with Crippen molar-refractivity contribution >= 4 is 28.3 Å². The Balaban J connectivity index is 1.98. The predicted octanol–water partition coefficient (Wildman–Crippen LogP) is 2.35. The van der Waals surface area contributed by atoms with Crippen LogP contribution >= 0.6 is 0 Å². The molecular weight excluding hydrogens is 324 g/mol. The number of amides is 1. The van der Waals surface area contributed by atoms with Gasteiger partial charge in [-0.05, 0) is 31.2 Å². The third-order valence-electron chi connectivity index (χ3n) is 4.28. The molecule has 1 amide bonds. The van der Waals surface area contributed by atoms with Gasteiger partial charge in [0, 0.05) is 37.0 Å². The Bertz CT molecular complexity index is 1080. The van der Waals surface area contributed by atoms with Crippen molar-refractivity contribution < 1.29 is 9.72 Å². The normalized spacial score (nSPS) is 10.8. The van der Waals surface area contributed by atoms with Crippen molar-refractivity contribution in [2.75, 3.05) is 5.32 Å². The minimum Gasteiger partial charge on any atom is -0.322 e. The van der Waals surface area contributed by atoms with E-state index in [1.54, 1.807) is 32.3 Å². The molecule has 25 heavy (non-hydrogen) atoms. The molecule has 1 aromatic heterocycles. The molecule has 0 radical (unpaired) electrons. The molecule has 0 saturated carbocycles. The van der Waals surface area contributed by atoms with Crippen LogP contribution in [0.15, 0.2) is 41.2 Å². The Morgan fingerprint density at radius 3 is 2.48 bits per heavy atom. The summed E-state index contributed by atoms with van der Waals surface area (Å²) < 4.78 is 3.01. The lowest BCUT2D eigenvalue weighted by molar-refractivity contribution is -0.385. The number of rotatable bonds is 3. The number of carbonyl (C=O) groups excluding carboxylic acids is 1. The first kappa shape index (κ1) is 16.4. The van der Waals surface area contributed by atoms with Crippen LogP contribution < -0.4 is 11.0 Å². The fourth-order valence-corrected chi connectivity index (χ4v) is 2.85. The molecule has 3 aromatic rings. The van der Waals surface area contributed by atoms with Gasteiger partial charge in [0.15, 0.2) is 0 Å². The highest BCUT2D eigenvalue weighted by Gasteiger charge is 2.18. The van der Waals surface area contributed by atoms with Crippen molar-refractivity contribution in [3.8, 4) is 0 Å². The number of aryl methyl sites for hydroxylation is 2. The molecule has 1 N–H and O–H groups in total. The fraction of sp³-hybridized carbons (Fsp3) is 0.176. The maximum absolute atomic E-state index is 12.5. The van der Waals surface area contributed by atoms with Crippen molar-refractivity contribution in [2.24, 2.45) is 14.1 Å². The molecule has 0 bridgehead atoms. The van der Waals surface area contributed by atoms with Crippen molar-refractivity contribution in [1.29, 1.82) is 0 Å². The van der Waals surface area contributed by atoms with Gasteiger partial charge in [0.2, 0.25) is 0 Å². The molecule has 128 valence electrons. The molecule has 8 heteroatoms. The number of hydrogen-bond donors (Lipinski definition) is 1. The van der Waals surface area contributed by atoms with E-state index in [4.69, 9.17) is 0 Å². The number of carbonyl (C=O) groups is 1. The van der Waals surface area contributed by atoms with Crippen LogP contribution in [-0.2, 0) is 14.1 Å². The molecule has 3 rings (SSSR count). The lowest BCUT2D eigenvalue weighted by Crippen LogP contribution is -2.19. The molecular formula is C17H16N4O4. The second kappa shape index (κ2) is 5.90. The van der Waals surface area contributed by atoms with Gasteiger partial charge in [-0.25, -0.2) is 4.79 Å². The Labute approximate surface area is 142 Å². The third-order valence-corrected chi connectivity index (χ3v) is 4.28. The number of hydrogen-bond acceptors (Lipinski definition) is 4. The van der Waals surface area contributed by atoms with Crippen molar-refractivity contribution in [2.45, 2.75) is 6.92 Å². The topological polar surface area (TPSA) is 99.2 Å². The quantitative estimate of drug-likeness (QED) is 0.584. The monoisotopic (exact) mass is 340 g/mol. The van der Waals surface area contributed by atoms with Crippen LogP contribution in [0.5, 0.6) is 0 Å². The van der Waals surface area contributed by atoms with Crippen LogP contribution in [0.4, 0.5) is 11.4 Å². The molecule has 0 atom stereocenters. The first-order valence-electron chi connectivity index (χ1n) is 7.52. The van der Waals surface area contributed by atoms with Crippen LogP contribution in [0.25, 0.3) is 11.0 Å². The number of imidazole rings is 1. The first-order valence-corrected chi connectivity index (χ1v) is 7.52. The lowest BCUT2D eigenvalue weighted by atomic mass is 10.1. The maximum atomic E-state index is 12.5. The molecule has 0 saturated heterocycles. The number of benzene rings is 2. The summed E-state index contributed by atoms with van der Waals surface area (Å²) in [4.78, 5) is 35.0. The molecule has 0 fully saturated rings. The van der Waals surface area contributed by atoms with Gasteiger partial charge in [-0.3, -0.25) is 24.0 Å². The molecule has 0 spiro atoms. The Morgan fingerprint density at radius 2 is 1.80 bits per heavy atom. The van der Waals surface area contributed by atoms with E-state index in [0.29, 0.717) is 16.8 Å². The van der Waals surface area contributed by atoms with Crippen LogP contribution in [-0.4, -0.2) is 20.0 Å². The van der Waals surface area contributed by atoms with E-state index in [2.05, 4.69) is 5.32 Å². The summed E-state index contributed by atoms with van der Waals surface area (Å²) in [5, 5.41) is 13.7. The van der Waals surface area contributed by atoms with Crippen LogP contribution in [0.2, 0.25) is 0 Å². The van der Waals surface area contributed by atoms with Gasteiger partial charge in [-0.2, -0.15) is 0 Å². The molecule has 0 unspecified atom stereocenters. The molecule has 8 nitrogen and oxygen atoms in total. The van der Waals surface area contributed by atoms with Crippen LogP contribution in [0.1, 0.15) is 15.9 Å². The van der Waals surface area contributed by atoms with Crippen molar-refractivity contribution in [1.82, 2.24) is 9.13 Å². The van der Waals surface area contributed by atoms with Gasteiger partial charge < -0.3 is 5.32 Å². The summed E-state index contributed by atoms with van der Waals surface area (Å²) in [5.74, 6) is -0.443. The summed E-state index contributed by atoms with van der Waals surface area (Å²) in [5.41, 5.74) is 2.21. The number of nitro groups is 1. The van der Waals surface area contributed by atoms with E-state index < -0.39 is 10.8 Å². The highest BCUT2D eigenvalue weighted by atomic mass is 16.6. The van der Waals surface area contributed by atoms with Gasteiger partial charge in [-0.1, -0.05) is 6.07 Å². The van der Waals surface area contributed by atoms with Gasteiger partial charge in [0.05, 0.1) is 16.0 Å². The largest absolute Gasteiger partial charge is 0.328 e. The highest BCUT2D eigenvalue weighted by Crippen LogP contribution is 2.23. The third kappa shape index (κ3) is 2.67. The zero-order valence-electron chi connectivity index (χ0n) is 13.9. The van der Waals surface area contributed by atoms with E-state index in [1.165, 1.54) is 34.3 Å². The molecule has 0 aliphatic rings. The summed E-state index contributed by atoms with van der Waals surface area (Å²) in [6.45, 7) is 1.54. The molecule has 0 aliphatic carbocycles. The summed E-state index contributed by atoms with van der Waals surface area (Å²) in [7, 11) is 3.33. The number of aromatic nitrogens is 2. The summed E-state index contributed by atoms with van der Waals surface area (Å²) >= 11 is 0. The van der Waals surface area contributed by atoms with E-state index in [-0.39, 0.29) is 16.9 Å². The maximum Gasteiger partial charge on any atom is 0.328 e. The molecule has 2 aromatic carbocycles. The van der Waals surface area contributed by atoms with Crippen molar-refractivity contribution in [3.05, 3.63) is 68.1 Å². The minimum atomic E-state index is -0.516. The Kier molecular flexibility index (Phi) is 3.88. The number of nitrogens with zero attached hydrogens (tertiary/aromatic N) is 3. The van der Waals surface area contributed by atoms with Gasteiger partial charge >= 0.3 is 5.69 Å². The van der Waals surface area contributed by atoms with Crippen LogP contribution in [0, 0.1) is 17.0 Å². The number of fused-ring (bicyclic) bond motifs is 1. The highest BCUT2D eigenvalue weighted by molar-refractivity contribution is 6.06. The second-order valence-electron chi connectivity index (χ2n) is 5.77. The van der Waals surface area contributed by atoms with E-state index in [1.807, 2.05) is 0 Å². The van der Waals surface area contributed by atoms with E-state index in [9.17, 15) is 19.7 Å². The summed E-state index contributed by atoms with van der Waals surface area (Å²) in [6, 6.07) is 9.50. The molecule has 0 aliphatic heterocycles. The minimum absolute atomic E-state index is 0.103. The van der Waals surface area contributed by atoms with Gasteiger partial charge in [0.25, 0.3) is 11.6 Å². The van der Waals surface area contributed by atoms with Crippen molar-refractivity contribution in [3.63, 3.8) is 0 Å². The first-order chi connectivity index (χ1) is 11.8. The SMILES string of the molecule is Cc1c(C(=O)Nc2ccc3c(c2)n(C)c(=O)n3C)cccc1[N+](=O)[O-].